The quantitative estimate of drug-likeness (QED) is 0.616. The summed E-state index contributed by atoms with van der Waals surface area (Å²) in [4.78, 5) is 27.6. The molecule has 1 atom stereocenters. The topological polar surface area (TPSA) is 57.6 Å². The Hall–Kier alpha value is -3.05. The second-order valence-corrected chi connectivity index (χ2v) is 8.86. The molecule has 3 aromatic carbocycles. The SMILES string of the molecule is Cc1ccc(CN2C(=O)C(Cc3ccc(C(=O)O)cc3)Sc3c(C)cccc32)cc1. The third-order valence-corrected chi connectivity index (χ3v) is 6.79. The van der Waals surface area contributed by atoms with Gasteiger partial charge in [-0.2, -0.15) is 0 Å². The number of aromatic carboxylic acids is 1. The highest BCUT2D eigenvalue weighted by Gasteiger charge is 2.34. The molecule has 1 amide bonds. The zero-order valence-corrected chi connectivity index (χ0v) is 17.8. The van der Waals surface area contributed by atoms with Crippen LogP contribution in [0.25, 0.3) is 0 Å². The van der Waals surface area contributed by atoms with Crippen molar-refractivity contribution in [3.63, 3.8) is 0 Å². The van der Waals surface area contributed by atoms with E-state index in [4.69, 9.17) is 5.11 Å². The number of nitrogens with zero attached hydrogens (tertiary/aromatic N) is 1. The summed E-state index contributed by atoms with van der Waals surface area (Å²) in [5.41, 5.74) is 5.62. The van der Waals surface area contributed by atoms with Crippen LogP contribution in [0.4, 0.5) is 5.69 Å². The third kappa shape index (κ3) is 4.12. The molecule has 0 saturated carbocycles. The Morgan fingerprint density at radius 1 is 0.967 bits per heavy atom. The van der Waals surface area contributed by atoms with Crippen molar-refractivity contribution in [3.8, 4) is 0 Å². The number of thioether (sulfide) groups is 1. The maximum atomic E-state index is 13.5. The maximum absolute atomic E-state index is 13.5. The van der Waals surface area contributed by atoms with Gasteiger partial charge in [-0.05, 0) is 55.2 Å². The van der Waals surface area contributed by atoms with E-state index in [0.717, 1.165) is 27.3 Å². The first-order valence-electron chi connectivity index (χ1n) is 9.88. The van der Waals surface area contributed by atoms with Gasteiger partial charge in [0.05, 0.1) is 23.0 Å². The Labute approximate surface area is 180 Å². The van der Waals surface area contributed by atoms with E-state index in [0.29, 0.717) is 13.0 Å². The van der Waals surface area contributed by atoms with E-state index in [1.165, 1.54) is 5.56 Å². The molecular weight excluding hydrogens is 394 g/mol. The van der Waals surface area contributed by atoms with Crippen molar-refractivity contribution in [3.05, 3.63) is 94.5 Å². The van der Waals surface area contributed by atoms with Crippen molar-refractivity contribution in [2.45, 2.75) is 37.0 Å². The van der Waals surface area contributed by atoms with E-state index < -0.39 is 5.97 Å². The number of carboxylic acids is 1. The molecule has 4 rings (SSSR count). The lowest BCUT2D eigenvalue weighted by atomic mass is 10.0. The predicted molar refractivity (Wildman–Crippen MR) is 120 cm³/mol. The highest BCUT2D eigenvalue weighted by molar-refractivity contribution is 8.01. The molecule has 0 fully saturated rings. The number of anilines is 1. The minimum atomic E-state index is -0.946. The van der Waals surface area contributed by atoms with Crippen molar-refractivity contribution in [1.82, 2.24) is 0 Å². The van der Waals surface area contributed by atoms with E-state index in [9.17, 15) is 9.59 Å². The van der Waals surface area contributed by atoms with Gasteiger partial charge in [-0.3, -0.25) is 4.79 Å². The minimum Gasteiger partial charge on any atom is -0.478 e. The Balaban J connectivity index is 1.64. The minimum absolute atomic E-state index is 0.0842. The van der Waals surface area contributed by atoms with Crippen molar-refractivity contribution in [2.24, 2.45) is 0 Å². The Bertz CT molecular complexity index is 1090. The zero-order valence-electron chi connectivity index (χ0n) is 17.0. The highest BCUT2D eigenvalue weighted by Crippen LogP contribution is 2.42. The number of amides is 1. The van der Waals surface area contributed by atoms with Crippen LogP contribution in [0, 0.1) is 13.8 Å². The van der Waals surface area contributed by atoms with Gasteiger partial charge in [0.15, 0.2) is 0 Å². The van der Waals surface area contributed by atoms with Gasteiger partial charge in [0.1, 0.15) is 0 Å². The van der Waals surface area contributed by atoms with Crippen LogP contribution in [-0.4, -0.2) is 22.2 Å². The van der Waals surface area contributed by atoms with Gasteiger partial charge >= 0.3 is 5.97 Å². The molecule has 1 heterocycles. The van der Waals surface area contributed by atoms with Crippen LogP contribution in [0.15, 0.2) is 71.6 Å². The Morgan fingerprint density at radius 2 is 1.63 bits per heavy atom. The van der Waals surface area contributed by atoms with Gasteiger partial charge in [-0.1, -0.05) is 54.1 Å². The molecule has 4 nitrogen and oxygen atoms in total. The molecule has 1 aliphatic heterocycles. The van der Waals surface area contributed by atoms with E-state index >= 15 is 0 Å². The van der Waals surface area contributed by atoms with Gasteiger partial charge in [-0.25, -0.2) is 4.79 Å². The van der Waals surface area contributed by atoms with E-state index in [-0.39, 0.29) is 16.7 Å². The van der Waals surface area contributed by atoms with Crippen LogP contribution in [-0.2, 0) is 17.8 Å². The largest absolute Gasteiger partial charge is 0.478 e. The van der Waals surface area contributed by atoms with Crippen molar-refractivity contribution in [1.29, 1.82) is 0 Å². The summed E-state index contributed by atoms with van der Waals surface area (Å²) >= 11 is 1.61. The third-order valence-electron chi connectivity index (χ3n) is 5.37. The summed E-state index contributed by atoms with van der Waals surface area (Å²) in [6.45, 7) is 4.66. The average Bonchev–Trinajstić information content (AvgIpc) is 2.73. The Morgan fingerprint density at radius 3 is 2.30 bits per heavy atom. The number of carbonyl (C=O) groups is 2. The van der Waals surface area contributed by atoms with Crippen LogP contribution in [0.1, 0.15) is 32.6 Å². The van der Waals surface area contributed by atoms with Gasteiger partial charge in [-0.15, -0.1) is 11.8 Å². The van der Waals surface area contributed by atoms with Crippen molar-refractivity contribution in [2.75, 3.05) is 4.90 Å². The zero-order chi connectivity index (χ0) is 21.3. The number of benzene rings is 3. The van der Waals surface area contributed by atoms with Gasteiger partial charge in [0, 0.05) is 4.90 Å². The number of carbonyl (C=O) groups excluding carboxylic acids is 1. The predicted octanol–water partition coefficient (Wildman–Crippen LogP) is 5.25. The molecule has 0 saturated heterocycles. The summed E-state index contributed by atoms with van der Waals surface area (Å²) in [6.07, 6.45) is 0.557. The fraction of sp³-hybridized carbons (Fsp3) is 0.200. The lowest BCUT2D eigenvalue weighted by Crippen LogP contribution is -2.41. The van der Waals surface area contributed by atoms with Gasteiger partial charge in [0.2, 0.25) is 5.91 Å². The molecule has 0 bridgehead atoms. The normalized spacial score (nSPS) is 15.7. The van der Waals surface area contributed by atoms with Crippen LogP contribution in [0.5, 0.6) is 0 Å². The second-order valence-electron chi connectivity index (χ2n) is 7.65. The fourth-order valence-electron chi connectivity index (χ4n) is 3.65. The molecule has 0 spiro atoms. The fourth-order valence-corrected chi connectivity index (χ4v) is 4.99. The molecule has 1 unspecified atom stereocenters. The molecule has 30 heavy (non-hydrogen) atoms. The molecular formula is C25H23NO3S. The van der Waals surface area contributed by atoms with Crippen LogP contribution >= 0.6 is 11.8 Å². The molecule has 152 valence electrons. The van der Waals surface area contributed by atoms with Crippen LogP contribution < -0.4 is 4.90 Å². The molecule has 3 aromatic rings. The average molecular weight is 418 g/mol. The van der Waals surface area contributed by atoms with Gasteiger partial charge < -0.3 is 10.0 Å². The number of carboxylic acid groups (broad SMARTS) is 1. The van der Waals surface area contributed by atoms with E-state index in [1.54, 1.807) is 36.0 Å². The van der Waals surface area contributed by atoms with Crippen LogP contribution in [0.2, 0.25) is 0 Å². The number of aryl methyl sites for hydroxylation is 2. The first-order chi connectivity index (χ1) is 14.4. The van der Waals surface area contributed by atoms with Crippen LogP contribution in [0.3, 0.4) is 0 Å². The smallest absolute Gasteiger partial charge is 0.335 e. The van der Waals surface area contributed by atoms with E-state index in [2.05, 4.69) is 44.2 Å². The lowest BCUT2D eigenvalue weighted by molar-refractivity contribution is -0.118. The highest BCUT2D eigenvalue weighted by atomic mass is 32.2. The second kappa shape index (κ2) is 8.36. The summed E-state index contributed by atoms with van der Waals surface area (Å²) in [5.74, 6) is -0.862. The first kappa shape index (κ1) is 20.2. The molecule has 1 aliphatic rings. The van der Waals surface area contributed by atoms with E-state index in [1.807, 2.05) is 17.0 Å². The lowest BCUT2D eigenvalue weighted by Gasteiger charge is -2.34. The van der Waals surface area contributed by atoms with Crippen molar-refractivity contribution < 1.29 is 14.7 Å². The van der Waals surface area contributed by atoms with Gasteiger partial charge in [0.25, 0.3) is 0 Å². The number of hydrogen-bond acceptors (Lipinski definition) is 3. The maximum Gasteiger partial charge on any atom is 0.335 e. The van der Waals surface area contributed by atoms with Crippen molar-refractivity contribution >= 4 is 29.3 Å². The summed E-state index contributed by atoms with van der Waals surface area (Å²) in [6, 6.07) is 21.1. The summed E-state index contributed by atoms with van der Waals surface area (Å²) < 4.78 is 0. The molecule has 5 heteroatoms. The summed E-state index contributed by atoms with van der Waals surface area (Å²) in [5, 5.41) is 8.86. The first-order valence-corrected chi connectivity index (χ1v) is 10.8. The molecule has 0 aliphatic carbocycles. The standard InChI is InChI=1S/C25H23NO3S/c1-16-6-8-19(9-7-16)15-26-21-5-3-4-17(2)23(21)30-22(24(26)27)14-18-10-12-20(13-11-18)25(28)29/h3-13,22H,14-15H2,1-2H3,(H,28,29). The molecule has 1 N–H and O–H groups in total. The molecule has 0 radical (unpaired) electrons. The monoisotopic (exact) mass is 417 g/mol. The number of rotatable bonds is 5. The number of hydrogen-bond donors (Lipinski definition) is 1. The number of fused-ring (bicyclic) bond motifs is 1. The Kier molecular flexibility index (Phi) is 5.64. The summed E-state index contributed by atoms with van der Waals surface area (Å²) in [7, 11) is 0. The molecule has 0 aromatic heterocycles.